The van der Waals surface area contributed by atoms with Crippen molar-refractivity contribution in [2.75, 3.05) is 31.8 Å². The van der Waals surface area contributed by atoms with Crippen LogP contribution in [-0.2, 0) is 4.74 Å². The number of carbonyl (C=O) groups is 1. The Bertz CT molecular complexity index is 916. The molecule has 0 aliphatic carbocycles. The van der Waals surface area contributed by atoms with Crippen LogP contribution in [0.15, 0.2) is 60.0 Å². The molecule has 30 heavy (non-hydrogen) atoms. The highest BCUT2D eigenvalue weighted by atomic mass is 33.1. The number of carbonyl (C=O) groups excluding carboxylic acids is 1. The minimum absolute atomic E-state index is 0.138. The lowest BCUT2D eigenvalue weighted by Gasteiger charge is -2.22. The predicted octanol–water partition coefficient (Wildman–Crippen LogP) is 5.78. The molecule has 3 aromatic rings. The summed E-state index contributed by atoms with van der Waals surface area (Å²) < 4.78 is 11.7. The van der Waals surface area contributed by atoms with E-state index in [0.29, 0.717) is 25.4 Å². The van der Waals surface area contributed by atoms with Crippen molar-refractivity contribution in [3.05, 3.63) is 64.9 Å². The summed E-state index contributed by atoms with van der Waals surface area (Å²) in [6.45, 7) is 1.15. The lowest BCUT2D eigenvalue weighted by Crippen LogP contribution is -2.29. The minimum atomic E-state index is -0.328. The molecule has 0 radical (unpaired) electrons. The summed E-state index contributed by atoms with van der Waals surface area (Å²) in [5.41, 5.74) is 5.45. The molecule has 8 heteroatoms. The van der Waals surface area contributed by atoms with Gasteiger partial charge in [-0.3, -0.25) is 0 Å². The van der Waals surface area contributed by atoms with E-state index in [1.165, 1.54) is 10.8 Å². The molecule has 0 saturated carbocycles. The number of nitrogens with two attached hydrogens (primary N) is 1. The Hall–Kier alpha value is -1.87. The van der Waals surface area contributed by atoms with Gasteiger partial charge in [0.15, 0.2) is 0 Å². The number of amides is 1. The third-order valence-corrected chi connectivity index (χ3v) is 7.47. The van der Waals surface area contributed by atoms with E-state index in [1.807, 2.05) is 35.7 Å². The van der Waals surface area contributed by atoms with E-state index in [4.69, 9.17) is 15.2 Å². The van der Waals surface area contributed by atoms with Crippen LogP contribution < -0.4 is 10.5 Å². The second kappa shape index (κ2) is 12.1. The Morgan fingerprint density at radius 2 is 1.97 bits per heavy atom. The van der Waals surface area contributed by atoms with Gasteiger partial charge in [0.05, 0.1) is 0 Å². The van der Waals surface area contributed by atoms with Crippen molar-refractivity contribution in [3.8, 4) is 5.75 Å². The second-order valence-electron chi connectivity index (χ2n) is 6.57. The molecule has 0 aliphatic heterocycles. The molecule has 1 unspecified atom stereocenters. The monoisotopic (exact) mass is 462 g/mol. The average Bonchev–Trinajstić information content (AvgIpc) is 3.31. The number of hydrogen-bond donors (Lipinski definition) is 1. The van der Waals surface area contributed by atoms with Gasteiger partial charge in [-0.05, 0) is 22.9 Å². The highest BCUT2D eigenvalue weighted by Gasteiger charge is 2.19. The van der Waals surface area contributed by atoms with Gasteiger partial charge in [0.1, 0.15) is 17.8 Å². The van der Waals surface area contributed by atoms with Crippen molar-refractivity contribution in [1.29, 1.82) is 0 Å². The molecular formula is C22H26N2O3S3. The van der Waals surface area contributed by atoms with E-state index in [2.05, 4.69) is 24.3 Å². The van der Waals surface area contributed by atoms with E-state index in [1.54, 1.807) is 34.1 Å². The van der Waals surface area contributed by atoms with Gasteiger partial charge in [-0.1, -0.05) is 64.1 Å². The molecule has 1 heterocycles. The maximum absolute atomic E-state index is 12.2. The summed E-state index contributed by atoms with van der Waals surface area (Å²) in [6.07, 6.45) is 0.205. The molecule has 0 bridgehead atoms. The fourth-order valence-corrected chi connectivity index (χ4v) is 5.12. The van der Waals surface area contributed by atoms with Crippen LogP contribution in [0.2, 0.25) is 0 Å². The number of nitrogens with zero attached hydrogens (tertiary/aromatic N) is 1. The van der Waals surface area contributed by atoms with E-state index < -0.39 is 0 Å². The molecule has 1 amide bonds. The molecule has 0 fully saturated rings. The fraction of sp³-hybridized carbons (Fsp3) is 0.318. The zero-order valence-electron chi connectivity index (χ0n) is 16.9. The Morgan fingerprint density at radius 3 is 2.77 bits per heavy atom. The normalized spacial score (nSPS) is 11.9. The van der Waals surface area contributed by atoms with Crippen LogP contribution in [0, 0.1) is 0 Å². The summed E-state index contributed by atoms with van der Waals surface area (Å²) in [4.78, 5) is 15.0. The SMILES string of the molecule is CN(CCC(Oc1cccc2ccccc12)c1cccs1)C(=O)OCSSCCN. The molecule has 0 saturated heterocycles. The lowest BCUT2D eigenvalue weighted by molar-refractivity contribution is 0.119. The Kier molecular flexibility index (Phi) is 9.20. The van der Waals surface area contributed by atoms with Crippen LogP contribution >= 0.6 is 32.9 Å². The van der Waals surface area contributed by atoms with Crippen molar-refractivity contribution in [2.45, 2.75) is 12.5 Å². The lowest BCUT2D eigenvalue weighted by atomic mass is 10.1. The van der Waals surface area contributed by atoms with Gasteiger partial charge >= 0.3 is 6.09 Å². The van der Waals surface area contributed by atoms with E-state index in [0.717, 1.165) is 27.2 Å². The van der Waals surface area contributed by atoms with Gasteiger partial charge in [0.2, 0.25) is 0 Å². The van der Waals surface area contributed by atoms with Gasteiger partial charge in [0.25, 0.3) is 0 Å². The first-order valence-corrected chi connectivity index (χ1v) is 13.1. The number of thiophene rings is 1. The standard InChI is InChI=1S/C22H26N2O3S3/c1-24(22(25)26-16-30-29-15-12-23)13-11-20(21-10-5-14-28-21)27-19-9-4-7-17-6-2-3-8-18(17)19/h2-10,14,20H,11-13,15-16,23H2,1H3. The molecule has 1 aromatic heterocycles. The molecule has 160 valence electrons. The smallest absolute Gasteiger partial charge is 0.410 e. The van der Waals surface area contributed by atoms with Gasteiger partial charge in [-0.25, -0.2) is 4.79 Å². The van der Waals surface area contributed by atoms with Crippen LogP contribution in [0.3, 0.4) is 0 Å². The molecule has 5 nitrogen and oxygen atoms in total. The summed E-state index contributed by atoms with van der Waals surface area (Å²) in [5, 5.41) is 4.27. The molecule has 1 atom stereocenters. The fourth-order valence-electron chi connectivity index (χ4n) is 2.91. The van der Waals surface area contributed by atoms with E-state index >= 15 is 0 Å². The number of ether oxygens (including phenoxy) is 2. The third kappa shape index (κ3) is 6.57. The predicted molar refractivity (Wildman–Crippen MR) is 129 cm³/mol. The molecule has 0 spiro atoms. The minimum Gasteiger partial charge on any atom is -0.484 e. The van der Waals surface area contributed by atoms with Gasteiger partial charge in [-0.2, -0.15) is 0 Å². The molecule has 0 aliphatic rings. The highest BCUT2D eigenvalue weighted by molar-refractivity contribution is 8.76. The summed E-state index contributed by atoms with van der Waals surface area (Å²) in [7, 11) is 4.85. The molecular weight excluding hydrogens is 436 g/mol. The van der Waals surface area contributed by atoms with Gasteiger partial charge < -0.3 is 20.1 Å². The van der Waals surface area contributed by atoms with Crippen LogP contribution in [0.5, 0.6) is 5.75 Å². The first kappa shape index (κ1) is 22.8. The number of hydrogen-bond acceptors (Lipinski definition) is 7. The van der Waals surface area contributed by atoms with Crippen molar-refractivity contribution in [2.24, 2.45) is 5.73 Å². The summed E-state index contributed by atoms with van der Waals surface area (Å²) >= 11 is 1.66. The molecule has 2 N–H and O–H groups in total. The summed E-state index contributed by atoms with van der Waals surface area (Å²) in [5.74, 6) is 2.01. The Balaban J connectivity index is 1.60. The van der Waals surface area contributed by atoms with Crippen molar-refractivity contribution < 1.29 is 14.3 Å². The van der Waals surface area contributed by atoms with E-state index in [9.17, 15) is 4.79 Å². The Labute approximate surface area is 189 Å². The zero-order valence-corrected chi connectivity index (χ0v) is 19.3. The van der Waals surface area contributed by atoms with Gasteiger partial charge in [0, 0.05) is 42.6 Å². The van der Waals surface area contributed by atoms with Crippen LogP contribution in [0.1, 0.15) is 17.4 Å². The zero-order chi connectivity index (χ0) is 21.2. The number of rotatable bonds is 11. The quantitative estimate of drug-likeness (QED) is 0.221. The van der Waals surface area contributed by atoms with Crippen molar-refractivity contribution in [1.82, 2.24) is 4.90 Å². The first-order chi connectivity index (χ1) is 14.7. The summed E-state index contributed by atoms with van der Waals surface area (Å²) in [6, 6.07) is 18.4. The van der Waals surface area contributed by atoms with Crippen LogP contribution in [0.4, 0.5) is 4.79 Å². The van der Waals surface area contributed by atoms with E-state index in [-0.39, 0.29) is 12.2 Å². The maximum atomic E-state index is 12.2. The average molecular weight is 463 g/mol. The largest absolute Gasteiger partial charge is 0.484 e. The maximum Gasteiger partial charge on any atom is 0.410 e. The third-order valence-electron chi connectivity index (χ3n) is 4.43. The molecule has 2 aromatic carbocycles. The van der Waals surface area contributed by atoms with Crippen molar-refractivity contribution >= 4 is 49.8 Å². The second-order valence-corrected chi connectivity index (χ2v) is 10.1. The Morgan fingerprint density at radius 1 is 1.13 bits per heavy atom. The van der Waals surface area contributed by atoms with Crippen LogP contribution in [0.25, 0.3) is 10.8 Å². The van der Waals surface area contributed by atoms with Crippen LogP contribution in [-0.4, -0.2) is 42.8 Å². The van der Waals surface area contributed by atoms with Gasteiger partial charge in [-0.15, -0.1) is 11.3 Å². The van der Waals surface area contributed by atoms with Crippen molar-refractivity contribution in [3.63, 3.8) is 0 Å². The topological polar surface area (TPSA) is 64.8 Å². The highest BCUT2D eigenvalue weighted by Crippen LogP contribution is 2.33. The number of benzene rings is 2. The first-order valence-electron chi connectivity index (χ1n) is 9.69. The number of fused-ring (bicyclic) bond motifs is 1. The molecule has 3 rings (SSSR count).